The van der Waals surface area contributed by atoms with Crippen molar-refractivity contribution in [2.45, 2.75) is 19.9 Å². The molecule has 1 unspecified atom stereocenters. The molecule has 0 radical (unpaired) electrons. The second-order valence-corrected chi connectivity index (χ2v) is 9.65. The minimum atomic E-state index is -0.836. The summed E-state index contributed by atoms with van der Waals surface area (Å²) in [6, 6.07) is 9.24. The van der Waals surface area contributed by atoms with Gasteiger partial charge in [-0.3, -0.25) is 9.36 Å². The second kappa shape index (κ2) is 12.5. The van der Waals surface area contributed by atoms with Gasteiger partial charge in [0.25, 0.3) is 5.56 Å². The Bertz CT molecular complexity index is 1670. The van der Waals surface area contributed by atoms with E-state index in [2.05, 4.69) is 18.2 Å². The molecule has 0 saturated heterocycles. The zero-order valence-electron chi connectivity index (χ0n) is 22.5. The maximum atomic E-state index is 13.9. The van der Waals surface area contributed by atoms with Crippen molar-refractivity contribution in [1.82, 2.24) is 4.57 Å². The number of carbonyl (C=O) groups excluding carboxylic acids is 1. The van der Waals surface area contributed by atoms with E-state index in [0.29, 0.717) is 50.0 Å². The molecule has 0 bridgehead atoms. The van der Waals surface area contributed by atoms with Crippen LogP contribution in [0.5, 0.6) is 23.0 Å². The number of aromatic hydroxyl groups is 1. The summed E-state index contributed by atoms with van der Waals surface area (Å²) in [5.41, 5.74) is 1.59. The third-order valence-electron chi connectivity index (χ3n) is 6.02. The topological polar surface area (TPSA) is 109 Å². The van der Waals surface area contributed by atoms with Gasteiger partial charge in [0, 0.05) is 0 Å². The molecule has 0 aliphatic carbocycles. The van der Waals surface area contributed by atoms with Gasteiger partial charge in [0.1, 0.15) is 13.2 Å². The number of allylic oxidation sites excluding steroid dienone is 1. The zero-order chi connectivity index (χ0) is 28.8. The van der Waals surface area contributed by atoms with Crippen molar-refractivity contribution in [2.75, 3.05) is 26.9 Å². The molecule has 1 aliphatic rings. The molecule has 2 aromatic carbocycles. The normalized spacial score (nSPS) is 14.7. The SMILES string of the molecule is C=CCOC(=O)C1=C(C)N=c2s/c(=C\c3ccc(O)c(OCC)c3)c(=O)n2C1c1ccc(OCC=C)c(OC)c1. The zero-order valence-corrected chi connectivity index (χ0v) is 23.3. The number of phenolic OH excluding ortho intramolecular Hbond substituents is 1. The van der Waals surface area contributed by atoms with Crippen molar-refractivity contribution in [3.05, 3.63) is 104 Å². The first-order valence-electron chi connectivity index (χ1n) is 12.5. The summed E-state index contributed by atoms with van der Waals surface area (Å²) in [7, 11) is 1.51. The van der Waals surface area contributed by atoms with Crippen molar-refractivity contribution in [2.24, 2.45) is 4.99 Å². The van der Waals surface area contributed by atoms with Crippen LogP contribution in [0.25, 0.3) is 6.08 Å². The predicted molar refractivity (Wildman–Crippen MR) is 153 cm³/mol. The van der Waals surface area contributed by atoms with Gasteiger partial charge in [-0.1, -0.05) is 48.8 Å². The van der Waals surface area contributed by atoms with Crippen molar-refractivity contribution in [1.29, 1.82) is 0 Å². The van der Waals surface area contributed by atoms with E-state index >= 15 is 0 Å². The van der Waals surface area contributed by atoms with Crippen LogP contribution in [0.3, 0.4) is 0 Å². The lowest BCUT2D eigenvalue weighted by Gasteiger charge is -2.25. The van der Waals surface area contributed by atoms with Crippen LogP contribution in [0.1, 0.15) is 31.0 Å². The molecule has 2 heterocycles. The highest BCUT2D eigenvalue weighted by Gasteiger charge is 2.34. The molecule has 1 aromatic heterocycles. The van der Waals surface area contributed by atoms with Crippen LogP contribution in [0, 0.1) is 0 Å². The van der Waals surface area contributed by atoms with Gasteiger partial charge >= 0.3 is 5.97 Å². The minimum absolute atomic E-state index is 0.00736. The van der Waals surface area contributed by atoms with Crippen LogP contribution in [-0.4, -0.2) is 42.6 Å². The lowest BCUT2D eigenvalue weighted by atomic mass is 9.95. The maximum absolute atomic E-state index is 13.9. The standard InChI is InChI=1S/C30H30N2O7S/c1-6-13-38-22-12-10-20(17-24(22)36-5)27-26(29(35)39-14-7-2)18(4)31-30-32(27)28(34)25(40-30)16-19-9-11-21(33)23(15-19)37-8-3/h6-7,9-12,15-17,27,33H,1-2,8,13-14H2,3-5H3/b25-16-. The van der Waals surface area contributed by atoms with Crippen LogP contribution >= 0.6 is 11.3 Å². The highest BCUT2D eigenvalue weighted by atomic mass is 32.1. The third-order valence-corrected chi connectivity index (χ3v) is 7.00. The molecular formula is C30H30N2O7S. The Hall–Kier alpha value is -4.57. The summed E-state index contributed by atoms with van der Waals surface area (Å²) in [6.45, 7) is 11.5. The maximum Gasteiger partial charge on any atom is 0.338 e. The fraction of sp³-hybridized carbons (Fsp3) is 0.233. The van der Waals surface area contributed by atoms with Crippen LogP contribution in [0.2, 0.25) is 0 Å². The van der Waals surface area contributed by atoms with Crippen molar-refractivity contribution >= 4 is 23.4 Å². The van der Waals surface area contributed by atoms with Gasteiger partial charge in [-0.25, -0.2) is 9.79 Å². The number of hydrogen-bond acceptors (Lipinski definition) is 9. The molecule has 1 aliphatic heterocycles. The number of phenols is 1. The molecule has 0 fully saturated rings. The highest BCUT2D eigenvalue weighted by molar-refractivity contribution is 7.07. The minimum Gasteiger partial charge on any atom is -0.504 e. The number of carbonyl (C=O) groups is 1. The molecule has 40 heavy (non-hydrogen) atoms. The molecular weight excluding hydrogens is 532 g/mol. The number of nitrogens with zero attached hydrogens (tertiary/aromatic N) is 2. The smallest absolute Gasteiger partial charge is 0.338 e. The van der Waals surface area contributed by atoms with Gasteiger partial charge in [-0.05, 0) is 55.3 Å². The second-order valence-electron chi connectivity index (χ2n) is 8.64. The third kappa shape index (κ3) is 5.72. The Kier molecular flexibility index (Phi) is 8.90. The number of benzene rings is 2. The summed E-state index contributed by atoms with van der Waals surface area (Å²) in [6.07, 6.45) is 4.79. The summed E-state index contributed by atoms with van der Waals surface area (Å²) in [5.74, 6) is 0.644. The van der Waals surface area contributed by atoms with E-state index in [4.69, 9.17) is 18.9 Å². The largest absolute Gasteiger partial charge is 0.504 e. The fourth-order valence-electron chi connectivity index (χ4n) is 4.28. The first-order valence-corrected chi connectivity index (χ1v) is 13.3. The number of thiazole rings is 1. The molecule has 4 rings (SSSR count). The van der Waals surface area contributed by atoms with Crippen molar-refractivity contribution in [3.63, 3.8) is 0 Å². The molecule has 0 saturated carbocycles. The van der Waals surface area contributed by atoms with E-state index in [1.54, 1.807) is 49.4 Å². The molecule has 9 nitrogen and oxygen atoms in total. The van der Waals surface area contributed by atoms with E-state index in [1.165, 1.54) is 35.2 Å². The van der Waals surface area contributed by atoms with Gasteiger partial charge in [0.15, 0.2) is 27.8 Å². The Balaban J connectivity index is 1.91. The van der Waals surface area contributed by atoms with Crippen molar-refractivity contribution < 1.29 is 28.8 Å². The summed E-state index contributed by atoms with van der Waals surface area (Å²) in [4.78, 5) is 32.2. The number of fused-ring (bicyclic) bond motifs is 1. The first-order chi connectivity index (χ1) is 19.3. The van der Waals surface area contributed by atoms with Crippen LogP contribution in [-0.2, 0) is 9.53 Å². The molecule has 0 amide bonds. The highest BCUT2D eigenvalue weighted by Crippen LogP contribution is 2.36. The van der Waals surface area contributed by atoms with Gasteiger partial charge in [-0.15, -0.1) is 0 Å². The monoisotopic (exact) mass is 562 g/mol. The van der Waals surface area contributed by atoms with Gasteiger partial charge in [0.2, 0.25) is 0 Å². The van der Waals surface area contributed by atoms with Gasteiger partial charge < -0.3 is 24.1 Å². The lowest BCUT2D eigenvalue weighted by Crippen LogP contribution is -2.40. The molecule has 1 N–H and O–H groups in total. The lowest BCUT2D eigenvalue weighted by molar-refractivity contribution is -0.138. The van der Waals surface area contributed by atoms with Crippen LogP contribution < -0.4 is 29.1 Å². The van der Waals surface area contributed by atoms with E-state index < -0.39 is 12.0 Å². The van der Waals surface area contributed by atoms with Crippen molar-refractivity contribution in [3.8, 4) is 23.0 Å². The van der Waals surface area contributed by atoms with Crippen LogP contribution in [0.15, 0.2) is 82.8 Å². The molecule has 1 atom stereocenters. The molecule has 208 valence electrons. The van der Waals surface area contributed by atoms with E-state index in [-0.39, 0.29) is 30.1 Å². The summed E-state index contributed by atoms with van der Waals surface area (Å²) < 4.78 is 24.0. The Morgan fingerprint density at radius 1 is 1.10 bits per heavy atom. The number of ether oxygens (including phenoxy) is 4. The molecule has 0 spiro atoms. The van der Waals surface area contributed by atoms with E-state index in [9.17, 15) is 14.7 Å². The number of hydrogen-bond donors (Lipinski definition) is 1. The van der Waals surface area contributed by atoms with Crippen LogP contribution in [0.4, 0.5) is 0 Å². The summed E-state index contributed by atoms with van der Waals surface area (Å²) in [5, 5.41) is 10.1. The van der Waals surface area contributed by atoms with E-state index in [1.807, 2.05) is 6.92 Å². The Morgan fingerprint density at radius 3 is 2.58 bits per heavy atom. The number of methoxy groups -OCH3 is 1. The number of esters is 1. The van der Waals surface area contributed by atoms with Gasteiger partial charge in [0.05, 0.1) is 35.6 Å². The Morgan fingerprint density at radius 2 is 1.88 bits per heavy atom. The quantitative estimate of drug-likeness (QED) is 0.281. The predicted octanol–water partition coefficient (Wildman–Crippen LogP) is 3.64. The van der Waals surface area contributed by atoms with E-state index in [0.717, 1.165) is 0 Å². The number of aromatic nitrogens is 1. The number of rotatable bonds is 11. The average molecular weight is 563 g/mol. The fourth-order valence-corrected chi connectivity index (χ4v) is 5.32. The molecule has 3 aromatic rings. The molecule has 10 heteroatoms. The summed E-state index contributed by atoms with van der Waals surface area (Å²) >= 11 is 1.19. The van der Waals surface area contributed by atoms with Gasteiger partial charge in [-0.2, -0.15) is 0 Å². The Labute approximate surface area is 235 Å². The average Bonchev–Trinajstić information content (AvgIpc) is 3.25. The first kappa shape index (κ1) is 28.4.